The smallest absolute Gasteiger partial charge is 0.255 e. The van der Waals surface area contributed by atoms with Crippen LogP contribution in [0.15, 0.2) is 82.8 Å². The second-order valence-electron chi connectivity index (χ2n) is 7.59. The van der Waals surface area contributed by atoms with Crippen LogP contribution in [0.1, 0.15) is 22.3 Å². The van der Waals surface area contributed by atoms with Gasteiger partial charge in [0.15, 0.2) is 0 Å². The molecule has 1 amide bonds. The average Bonchev–Trinajstić information content (AvgIpc) is 2.80. The number of methoxy groups -OCH3 is 1. The molecule has 0 saturated carbocycles. The van der Waals surface area contributed by atoms with Crippen LogP contribution in [0.4, 0.5) is 0 Å². The van der Waals surface area contributed by atoms with E-state index in [0.29, 0.717) is 11.3 Å². The van der Waals surface area contributed by atoms with Crippen molar-refractivity contribution in [1.29, 1.82) is 0 Å². The van der Waals surface area contributed by atoms with Gasteiger partial charge in [-0.2, -0.15) is 9.41 Å². The highest BCUT2D eigenvalue weighted by molar-refractivity contribution is 7.89. The third-order valence-corrected chi connectivity index (χ3v) is 6.79. The number of nitrogens with one attached hydrogen (secondary N) is 1. The van der Waals surface area contributed by atoms with Crippen LogP contribution >= 0.6 is 0 Å². The van der Waals surface area contributed by atoms with Crippen molar-refractivity contribution >= 4 is 22.1 Å². The van der Waals surface area contributed by atoms with E-state index in [4.69, 9.17) is 4.74 Å². The van der Waals surface area contributed by atoms with Crippen LogP contribution in [0.2, 0.25) is 0 Å². The maximum atomic E-state index is 13.4. The Labute approximate surface area is 194 Å². The lowest BCUT2D eigenvalue weighted by molar-refractivity contribution is -0.121. The molecule has 0 aliphatic rings. The Kier molecular flexibility index (Phi) is 7.97. The fraction of sp³-hybridized carbons (Fsp3) is 0.200. The van der Waals surface area contributed by atoms with E-state index in [1.807, 2.05) is 61.5 Å². The van der Waals surface area contributed by atoms with Crippen molar-refractivity contribution in [1.82, 2.24) is 9.73 Å². The minimum atomic E-state index is -3.96. The summed E-state index contributed by atoms with van der Waals surface area (Å²) in [6, 6.07) is 21.4. The molecule has 0 bridgehead atoms. The first kappa shape index (κ1) is 24.2. The van der Waals surface area contributed by atoms with E-state index >= 15 is 0 Å². The van der Waals surface area contributed by atoms with Crippen LogP contribution in [-0.2, 0) is 21.4 Å². The fourth-order valence-electron chi connectivity index (χ4n) is 3.20. The minimum absolute atomic E-state index is 0.0450. The molecule has 0 heterocycles. The van der Waals surface area contributed by atoms with Crippen molar-refractivity contribution in [3.05, 3.63) is 95.1 Å². The van der Waals surface area contributed by atoms with Crippen molar-refractivity contribution in [3.63, 3.8) is 0 Å². The lowest BCUT2D eigenvalue weighted by Gasteiger charge is -2.22. The van der Waals surface area contributed by atoms with Crippen LogP contribution in [0.25, 0.3) is 0 Å². The third kappa shape index (κ3) is 6.50. The summed E-state index contributed by atoms with van der Waals surface area (Å²) in [6.07, 6.45) is 1.51. The Hall–Kier alpha value is -3.49. The first-order chi connectivity index (χ1) is 15.8. The van der Waals surface area contributed by atoms with Gasteiger partial charge in [0.05, 0.1) is 24.8 Å². The zero-order valence-corrected chi connectivity index (χ0v) is 19.7. The average molecular weight is 466 g/mol. The Morgan fingerprint density at radius 3 is 2.36 bits per heavy atom. The SMILES string of the molecule is COc1ccc(S(=O)(=O)N(CC(=O)N/N=C/c2ccc(C)cc2)Cc2ccccc2)cc1C. The predicted octanol–water partition coefficient (Wildman–Crippen LogP) is 3.65. The summed E-state index contributed by atoms with van der Waals surface area (Å²) in [5.74, 6) is 0.0508. The normalized spacial score (nSPS) is 11.6. The number of rotatable bonds is 9. The monoisotopic (exact) mass is 465 g/mol. The number of hydrogen-bond acceptors (Lipinski definition) is 5. The summed E-state index contributed by atoms with van der Waals surface area (Å²) in [6.45, 7) is 3.41. The van der Waals surface area contributed by atoms with Crippen molar-refractivity contribution in [2.45, 2.75) is 25.3 Å². The molecule has 0 aliphatic carbocycles. The van der Waals surface area contributed by atoms with Crippen LogP contribution in [0.3, 0.4) is 0 Å². The molecule has 1 N–H and O–H groups in total. The van der Waals surface area contributed by atoms with Gasteiger partial charge in [-0.3, -0.25) is 4.79 Å². The molecule has 3 rings (SSSR count). The molecule has 0 aliphatic heterocycles. The number of carbonyl (C=O) groups is 1. The van der Waals surface area contributed by atoms with Gasteiger partial charge in [-0.05, 0) is 48.7 Å². The molecule has 0 aromatic heterocycles. The summed E-state index contributed by atoms with van der Waals surface area (Å²) in [4.78, 5) is 12.7. The number of carbonyl (C=O) groups excluding carboxylic acids is 1. The van der Waals surface area contributed by atoms with Gasteiger partial charge in [0.2, 0.25) is 10.0 Å². The molecule has 0 fully saturated rings. The summed E-state index contributed by atoms with van der Waals surface area (Å²) in [5.41, 5.74) is 5.81. The lowest BCUT2D eigenvalue weighted by Crippen LogP contribution is -2.39. The number of nitrogens with zero attached hydrogens (tertiary/aromatic N) is 2. The number of aryl methyl sites for hydroxylation is 2. The highest BCUT2D eigenvalue weighted by atomic mass is 32.2. The van der Waals surface area contributed by atoms with E-state index < -0.39 is 15.9 Å². The van der Waals surface area contributed by atoms with Crippen molar-refractivity contribution in [3.8, 4) is 5.75 Å². The highest BCUT2D eigenvalue weighted by Crippen LogP contribution is 2.24. The van der Waals surface area contributed by atoms with Gasteiger partial charge in [-0.1, -0.05) is 60.2 Å². The molecule has 3 aromatic rings. The first-order valence-electron chi connectivity index (χ1n) is 10.4. The van der Waals surface area contributed by atoms with E-state index in [0.717, 1.165) is 21.0 Å². The minimum Gasteiger partial charge on any atom is -0.496 e. The standard InChI is InChI=1S/C25H27N3O4S/c1-19-9-11-21(12-10-19)16-26-27-25(29)18-28(17-22-7-5-4-6-8-22)33(30,31)23-13-14-24(32-3)20(2)15-23/h4-16H,17-18H2,1-3H3,(H,27,29)/b26-16+. The Morgan fingerprint density at radius 2 is 1.73 bits per heavy atom. The third-order valence-electron chi connectivity index (χ3n) is 5.01. The Morgan fingerprint density at radius 1 is 1.03 bits per heavy atom. The molecule has 0 atom stereocenters. The van der Waals surface area contributed by atoms with E-state index in [1.165, 1.54) is 19.4 Å². The number of amides is 1. The first-order valence-corrected chi connectivity index (χ1v) is 11.8. The summed E-state index contributed by atoms with van der Waals surface area (Å²) >= 11 is 0. The van der Waals surface area contributed by atoms with E-state index in [-0.39, 0.29) is 18.0 Å². The number of hydrogen-bond donors (Lipinski definition) is 1. The zero-order chi connectivity index (χ0) is 23.8. The van der Waals surface area contributed by atoms with Crippen molar-refractivity contribution in [2.75, 3.05) is 13.7 Å². The molecular weight excluding hydrogens is 438 g/mol. The summed E-state index contributed by atoms with van der Waals surface area (Å²) in [5, 5.41) is 3.96. The van der Waals surface area contributed by atoms with E-state index in [2.05, 4.69) is 10.5 Å². The van der Waals surface area contributed by atoms with Crippen molar-refractivity contribution < 1.29 is 17.9 Å². The van der Waals surface area contributed by atoms with Crippen molar-refractivity contribution in [2.24, 2.45) is 5.10 Å². The molecule has 3 aromatic carbocycles. The fourth-order valence-corrected chi connectivity index (χ4v) is 4.67. The second-order valence-corrected chi connectivity index (χ2v) is 9.53. The molecule has 0 saturated heterocycles. The Bertz CT molecular complexity index is 1220. The second kappa shape index (κ2) is 10.9. The van der Waals surface area contributed by atoms with Gasteiger partial charge in [-0.15, -0.1) is 0 Å². The maximum absolute atomic E-state index is 13.4. The van der Waals surface area contributed by atoms with Gasteiger partial charge in [-0.25, -0.2) is 13.8 Å². The van der Waals surface area contributed by atoms with Gasteiger partial charge in [0.25, 0.3) is 5.91 Å². The van der Waals surface area contributed by atoms with E-state index in [9.17, 15) is 13.2 Å². The summed E-state index contributed by atoms with van der Waals surface area (Å²) in [7, 11) is -2.43. The van der Waals surface area contributed by atoms with Crippen LogP contribution in [0, 0.1) is 13.8 Å². The number of ether oxygens (including phenoxy) is 1. The topological polar surface area (TPSA) is 88.1 Å². The van der Waals surface area contributed by atoms with E-state index in [1.54, 1.807) is 19.1 Å². The summed E-state index contributed by atoms with van der Waals surface area (Å²) < 4.78 is 33.2. The number of sulfonamides is 1. The lowest BCUT2D eigenvalue weighted by atomic mass is 10.2. The molecular formula is C25H27N3O4S. The van der Waals surface area contributed by atoms with Gasteiger partial charge in [0, 0.05) is 6.54 Å². The largest absolute Gasteiger partial charge is 0.496 e. The molecule has 8 heteroatoms. The number of benzene rings is 3. The molecule has 172 valence electrons. The van der Waals surface area contributed by atoms with Gasteiger partial charge in [0.1, 0.15) is 5.75 Å². The molecule has 0 spiro atoms. The molecule has 33 heavy (non-hydrogen) atoms. The zero-order valence-electron chi connectivity index (χ0n) is 18.9. The number of hydrazone groups is 1. The van der Waals surface area contributed by atoms with Crippen LogP contribution in [0.5, 0.6) is 5.75 Å². The van der Waals surface area contributed by atoms with Gasteiger partial charge < -0.3 is 4.74 Å². The van der Waals surface area contributed by atoms with Crippen LogP contribution in [-0.4, -0.2) is 38.5 Å². The van der Waals surface area contributed by atoms with Crippen LogP contribution < -0.4 is 10.2 Å². The Balaban J connectivity index is 1.80. The predicted molar refractivity (Wildman–Crippen MR) is 129 cm³/mol. The molecule has 0 unspecified atom stereocenters. The quantitative estimate of drug-likeness (QED) is 0.386. The maximum Gasteiger partial charge on any atom is 0.255 e. The molecule has 7 nitrogen and oxygen atoms in total. The van der Waals surface area contributed by atoms with Gasteiger partial charge >= 0.3 is 0 Å². The molecule has 0 radical (unpaired) electrons. The highest BCUT2D eigenvalue weighted by Gasteiger charge is 2.27.